The number of likely N-dealkylation sites (tertiary alicyclic amines) is 1. The predicted octanol–water partition coefficient (Wildman–Crippen LogP) is 2.58. The minimum absolute atomic E-state index is 0.101. The molecule has 1 amide bonds. The van der Waals surface area contributed by atoms with Gasteiger partial charge in [-0.3, -0.25) is 9.48 Å². The number of hydrogen-bond donors (Lipinski definition) is 1. The lowest BCUT2D eigenvalue weighted by Crippen LogP contribution is -2.39. The molecule has 2 N–H and O–H groups in total. The summed E-state index contributed by atoms with van der Waals surface area (Å²) in [7, 11) is 0. The molecule has 1 aromatic carbocycles. The average molecular weight is 363 g/mol. The fourth-order valence-corrected chi connectivity index (χ4v) is 3.12. The molecule has 0 saturated carbocycles. The molecule has 1 saturated heterocycles. The summed E-state index contributed by atoms with van der Waals surface area (Å²) in [6.45, 7) is 2.03. The molecule has 1 aromatic heterocycles. The van der Waals surface area contributed by atoms with Crippen LogP contribution in [0.15, 0.2) is 41.1 Å². The maximum atomic E-state index is 12.5. The van der Waals surface area contributed by atoms with Gasteiger partial charge in [0.05, 0.1) is 16.7 Å². The third-order valence-corrected chi connectivity index (χ3v) is 4.54. The second kappa shape index (κ2) is 6.62. The Hall–Kier alpha value is -1.66. The number of carbonyl (C=O) groups is 1. The number of halogens is 1. The lowest BCUT2D eigenvalue weighted by Gasteiger charge is -2.32. The van der Waals surface area contributed by atoms with E-state index in [9.17, 15) is 4.79 Å². The standard InChI is InChI=1S/C16H19BrN4O/c17-14-10-19-21(11-14)15-5-7-20(8-6-15)16(22)13-3-1-12(9-18)2-4-13/h1-4,10-11,15H,5-9,18H2. The van der Waals surface area contributed by atoms with Gasteiger partial charge in [-0.05, 0) is 46.5 Å². The van der Waals surface area contributed by atoms with E-state index in [1.165, 1.54) is 0 Å². The molecule has 1 aliphatic heterocycles. The Labute approximate surface area is 138 Å². The van der Waals surface area contributed by atoms with Gasteiger partial charge in [0.25, 0.3) is 5.91 Å². The molecule has 0 radical (unpaired) electrons. The summed E-state index contributed by atoms with van der Waals surface area (Å²) in [5.41, 5.74) is 7.36. The van der Waals surface area contributed by atoms with E-state index in [1.807, 2.05) is 40.0 Å². The molecule has 0 unspecified atom stereocenters. The van der Waals surface area contributed by atoms with Crippen LogP contribution in [0, 0.1) is 0 Å². The van der Waals surface area contributed by atoms with Crippen LogP contribution in [0.5, 0.6) is 0 Å². The average Bonchev–Trinajstić information content (AvgIpc) is 3.01. The number of hydrogen-bond acceptors (Lipinski definition) is 3. The van der Waals surface area contributed by atoms with Gasteiger partial charge in [-0.15, -0.1) is 0 Å². The Kier molecular flexibility index (Phi) is 4.59. The van der Waals surface area contributed by atoms with Gasteiger partial charge in [0.2, 0.25) is 0 Å². The van der Waals surface area contributed by atoms with Crippen LogP contribution in [0.2, 0.25) is 0 Å². The van der Waals surface area contributed by atoms with Crippen LogP contribution >= 0.6 is 15.9 Å². The van der Waals surface area contributed by atoms with E-state index in [0.29, 0.717) is 12.6 Å². The minimum Gasteiger partial charge on any atom is -0.338 e. The molecule has 1 fully saturated rings. The second-order valence-corrected chi connectivity index (χ2v) is 6.48. The quantitative estimate of drug-likeness (QED) is 0.912. The number of amides is 1. The zero-order valence-corrected chi connectivity index (χ0v) is 13.9. The summed E-state index contributed by atoms with van der Waals surface area (Å²) in [6, 6.07) is 7.93. The van der Waals surface area contributed by atoms with Crippen molar-refractivity contribution in [2.45, 2.75) is 25.4 Å². The lowest BCUT2D eigenvalue weighted by molar-refractivity contribution is 0.0690. The molecule has 3 rings (SSSR count). The summed E-state index contributed by atoms with van der Waals surface area (Å²) in [5.74, 6) is 0.101. The van der Waals surface area contributed by atoms with Crippen molar-refractivity contribution in [3.63, 3.8) is 0 Å². The van der Waals surface area contributed by atoms with Crippen LogP contribution in [-0.2, 0) is 6.54 Å². The molecule has 0 bridgehead atoms. The van der Waals surface area contributed by atoms with Gasteiger partial charge in [-0.2, -0.15) is 5.10 Å². The first kappa shape index (κ1) is 15.2. The van der Waals surface area contributed by atoms with Crippen LogP contribution in [0.4, 0.5) is 0 Å². The first-order valence-electron chi connectivity index (χ1n) is 7.45. The predicted molar refractivity (Wildman–Crippen MR) is 88.4 cm³/mol. The maximum Gasteiger partial charge on any atom is 0.253 e. The lowest BCUT2D eigenvalue weighted by atomic mass is 10.0. The van der Waals surface area contributed by atoms with Crippen molar-refractivity contribution < 1.29 is 4.79 Å². The third kappa shape index (κ3) is 3.23. The molecule has 0 atom stereocenters. The largest absolute Gasteiger partial charge is 0.338 e. The van der Waals surface area contributed by atoms with Crippen LogP contribution < -0.4 is 5.73 Å². The minimum atomic E-state index is 0.101. The second-order valence-electron chi connectivity index (χ2n) is 5.56. The molecule has 116 valence electrons. The van der Waals surface area contributed by atoms with E-state index < -0.39 is 0 Å². The highest BCUT2D eigenvalue weighted by Gasteiger charge is 2.24. The number of rotatable bonds is 3. The van der Waals surface area contributed by atoms with Gasteiger partial charge in [-0.25, -0.2) is 0 Å². The van der Waals surface area contributed by atoms with E-state index in [0.717, 1.165) is 41.5 Å². The molecule has 5 nitrogen and oxygen atoms in total. The van der Waals surface area contributed by atoms with Crippen LogP contribution in [0.1, 0.15) is 34.8 Å². The SMILES string of the molecule is NCc1ccc(C(=O)N2CCC(n3cc(Br)cn3)CC2)cc1. The summed E-state index contributed by atoms with van der Waals surface area (Å²) < 4.78 is 2.98. The number of aromatic nitrogens is 2. The van der Waals surface area contributed by atoms with E-state index in [1.54, 1.807) is 6.20 Å². The van der Waals surface area contributed by atoms with Gasteiger partial charge in [0, 0.05) is 31.4 Å². The molecular weight excluding hydrogens is 344 g/mol. The topological polar surface area (TPSA) is 64.2 Å². The summed E-state index contributed by atoms with van der Waals surface area (Å²) in [5, 5.41) is 4.34. The number of benzene rings is 1. The van der Waals surface area contributed by atoms with Gasteiger partial charge < -0.3 is 10.6 Å². The zero-order valence-electron chi connectivity index (χ0n) is 12.3. The first-order valence-corrected chi connectivity index (χ1v) is 8.24. The molecule has 1 aliphatic rings. The zero-order chi connectivity index (χ0) is 15.5. The van der Waals surface area contributed by atoms with Crippen LogP contribution in [0.25, 0.3) is 0 Å². The van der Waals surface area contributed by atoms with Crippen molar-refractivity contribution in [1.29, 1.82) is 0 Å². The number of nitrogens with two attached hydrogens (primary N) is 1. The summed E-state index contributed by atoms with van der Waals surface area (Å²) in [6.07, 6.45) is 5.66. The van der Waals surface area contributed by atoms with Crippen molar-refractivity contribution in [3.05, 3.63) is 52.3 Å². The Bertz CT molecular complexity index is 644. The van der Waals surface area contributed by atoms with Crippen molar-refractivity contribution in [2.24, 2.45) is 5.73 Å². The van der Waals surface area contributed by atoms with Crippen LogP contribution in [-0.4, -0.2) is 33.7 Å². The highest BCUT2D eigenvalue weighted by atomic mass is 79.9. The molecule has 6 heteroatoms. The Morgan fingerprint density at radius 1 is 1.27 bits per heavy atom. The molecule has 2 heterocycles. The van der Waals surface area contributed by atoms with Crippen LogP contribution in [0.3, 0.4) is 0 Å². The van der Waals surface area contributed by atoms with E-state index in [4.69, 9.17) is 5.73 Å². The molecular formula is C16H19BrN4O. The van der Waals surface area contributed by atoms with Crippen molar-refractivity contribution >= 4 is 21.8 Å². The van der Waals surface area contributed by atoms with Crippen molar-refractivity contribution in [1.82, 2.24) is 14.7 Å². The van der Waals surface area contributed by atoms with Crippen molar-refractivity contribution in [2.75, 3.05) is 13.1 Å². The molecule has 2 aromatic rings. The summed E-state index contributed by atoms with van der Waals surface area (Å²) in [4.78, 5) is 14.4. The Balaban J connectivity index is 1.61. The monoisotopic (exact) mass is 362 g/mol. The third-order valence-electron chi connectivity index (χ3n) is 4.13. The summed E-state index contributed by atoms with van der Waals surface area (Å²) >= 11 is 3.42. The first-order chi connectivity index (χ1) is 10.7. The number of nitrogens with zero attached hydrogens (tertiary/aromatic N) is 3. The van der Waals surface area contributed by atoms with E-state index >= 15 is 0 Å². The molecule has 0 spiro atoms. The fourth-order valence-electron chi connectivity index (χ4n) is 2.81. The smallest absolute Gasteiger partial charge is 0.253 e. The Morgan fingerprint density at radius 3 is 2.50 bits per heavy atom. The highest BCUT2D eigenvalue weighted by Crippen LogP contribution is 2.24. The molecule has 0 aliphatic carbocycles. The van der Waals surface area contributed by atoms with Gasteiger partial charge in [0.1, 0.15) is 0 Å². The fraction of sp³-hybridized carbons (Fsp3) is 0.375. The van der Waals surface area contributed by atoms with E-state index in [-0.39, 0.29) is 5.91 Å². The van der Waals surface area contributed by atoms with E-state index in [2.05, 4.69) is 21.0 Å². The maximum absolute atomic E-state index is 12.5. The normalized spacial score (nSPS) is 16.0. The molecule has 22 heavy (non-hydrogen) atoms. The Morgan fingerprint density at radius 2 is 1.95 bits per heavy atom. The van der Waals surface area contributed by atoms with Gasteiger partial charge in [0.15, 0.2) is 0 Å². The van der Waals surface area contributed by atoms with Gasteiger partial charge >= 0.3 is 0 Å². The number of carbonyl (C=O) groups excluding carboxylic acids is 1. The number of piperidine rings is 1. The van der Waals surface area contributed by atoms with Crippen molar-refractivity contribution in [3.8, 4) is 0 Å². The van der Waals surface area contributed by atoms with Gasteiger partial charge in [-0.1, -0.05) is 12.1 Å². The highest BCUT2D eigenvalue weighted by molar-refractivity contribution is 9.10.